The average molecular weight is 243 g/mol. The topological polar surface area (TPSA) is 39.9 Å². The number of halogens is 3. The molecule has 0 saturated heterocycles. The Balaban J connectivity index is 2.44. The second kappa shape index (κ2) is 4.08. The van der Waals surface area contributed by atoms with Crippen molar-refractivity contribution < 1.29 is 17.9 Å². The summed E-state index contributed by atoms with van der Waals surface area (Å²) in [7, 11) is 1.41. The molecule has 0 saturated carbocycles. The van der Waals surface area contributed by atoms with E-state index in [0.717, 1.165) is 10.7 Å². The third-order valence-corrected chi connectivity index (χ3v) is 2.07. The standard InChI is InChI=1S/C10H8F3N3O/c1-17-7-3-2-5-14-9(7)16-6-4-8(15-16)10(11,12)13/h2-6H,1H3. The lowest BCUT2D eigenvalue weighted by Gasteiger charge is -2.06. The monoisotopic (exact) mass is 243 g/mol. The predicted octanol–water partition coefficient (Wildman–Crippen LogP) is 2.29. The van der Waals surface area contributed by atoms with Gasteiger partial charge in [0.2, 0.25) is 0 Å². The van der Waals surface area contributed by atoms with E-state index in [-0.39, 0.29) is 5.82 Å². The van der Waals surface area contributed by atoms with Crippen LogP contribution in [0, 0.1) is 0 Å². The quantitative estimate of drug-likeness (QED) is 0.812. The number of nitrogens with zero attached hydrogens (tertiary/aromatic N) is 3. The van der Waals surface area contributed by atoms with Gasteiger partial charge in [-0.25, -0.2) is 9.67 Å². The molecule has 0 aromatic carbocycles. The van der Waals surface area contributed by atoms with Crippen LogP contribution in [0.2, 0.25) is 0 Å². The molecule has 7 heteroatoms. The molecule has 0 radical (unpaired) electrons. The summed E-state index contributed by atoms with van der Waals surface area (Å²) < 4.78 is 43.1. The average Bonchev–Trinajstić information content (AvgIpc) is 2.77. The molecule has 2 aromatic heterocycles. The molecule has 0 bridgehead atoms. The van der Waals surface area contributed by atoms with Crippen LogP contribution in [0.4, 0.5) is 13.2 Å². The maximum Gasteiger partial charge on any atom is 0.435 e. The normalized spacial score (nSPS) is 11.5. The summed E-state index contributed by atoms with van der Waals surface area (Å²) in [5.41, 5.74) is -0.967. The number of alkyl halides is 3. The van der Waals surface area contributed by atoms with Gasteiger partial charge in [-0.15, -0.1) is 0 Å². The van der Waals surface area contributed by atoms with Gasteiger partial charge in [-0.2, -0.15) is 18.3 Å². The van der Waals surface area contributed by atoms with Crippen LogP contribution in [0.25, 0.3) is 5.82 Å². The molecule has 0 aliphatic carbocycles. The van der Waals surface area contributed by atoms with E-state index in [1.165, 1.54) is 19.5 Å². The van der Waals surface area contributed by atoms with Gasteiger partial charge in [0.15, 0.2) is 17.3 Å². The van der Waals surface area contributed by atoms with E-state index < -0.39 is 11.9 Å². The summed E-state index contributed by atoms with van der Waals surface area (Å²) in [4.78, 5) is 3.92. The molecule has 90 valence electrons. The van der Waals surface area contributed by atoms with Gasteiger partial charge in [0, 0.05) is 12.4 Å². The lowest BCUT2D eigenvalue weighted by Crippen LogP contribution is -2.08. The number of hydrogen-bond donors (Lipinski definition) is 0. The Morgan fingerprint density at radius 2 is 2.06 bits per heavy atom. The fraction of sp³-hybridized carbons (Fsp3) is 0.200. The molecule has 0 aliphatic heterocycles. The molecule has 0 N–H and O–H groups in total. The number of hydrogen-bond acceptors (Lipinski definition) is 3. The van der Waals surface area contributed by atoms with E-state index in [1.54, 1.807) is 12.1 Å². The Morgan fingerprint density at radius 3 is 2.65 bits per heavy atom. The van der Waals surface area contributed by atoms with Crippen molar-refractivity contribution in [3.63, 3.8) is 0 Å². The molecule has 2 rings (SSSR count). The highest BCUT2D eigenvalue weighted by Crippen LogP contribution is 2.28. The number of methoxy groups -OCH3 is 1. The molecule has 0 atom stereocenters. The molecule has 0 amide bonds. The molecule has 0 fully saturated rings. The highest BCUT2D eigenvalue weighted by Gasteiger charge is 2.33. The number of rotatable bonds is 2. The summed E-state index contributed by atoms with van der Waals surface area (Å²) in [6, 6.07) is 4.10. The predicted molar refractivity (Wildman–Crippen MR) is 52.9 cm³/mol. The van der Waals surface area contributed by atoms with E-state index in [4.69, 9.17) is 4.74 Å². The molecule has 17 heavy (non-hydrogen) atoms. The Morgan fingerprint density at radius 1 is 1.29 bits per heavy atom. The molecular formula is C10H8F3N3O. The van der Waals surface area contributed by atoms with E-state index in [9.17, 15) is 13.2 Å². The molecule has 0 spiro atoms. The first-order chi connectivity index (χ1) is 8.02. The molecular weight excluding hydrogens is 235 g/mol. The fourth-order valence-corrected chi connectivity index (χ4v) is 1.31. The van der Waals surface area contributed by atoms with Crippen molar-refractivity contribution in [3.05, 3.63) is 36.3 Å². The van der Waals surface area contributed by atoms with Crippen LogP contribution in [0.15, 0.2) is 30.6 Å². The van der Waals surface area contributed by atoms with Crippen LogP contribution in [0.5, 0.6) is 5.75 Å². The SMILES string of the molecule is COc1cccnc1-n1ccc(C(F)(F)F)n1. The van der Waals surface area contributed by atoms with Crippen LogP contribution >= 0.6 is 0 Å². The molecule has 0 aliphatic rings. The van der Waals surface area contributed by atoms with E-state index in [2.05, 4.69) is 10.1 Å². The summed E-state index contributed by atoms with van der Waals surface area (Å²) in [5, 5.41) is 3.41. The van der Waals surface area contributed by atoms with Crippen molar-refractivity contribution >= 4 is 0 Å². The van der Waals surface area contributed by atoms with Crippen molar-refractivity contribution in [1.82, 2.24) is 14.8 Å². The van der Waals surface area contributed by atoms with Gasteiger partial charge in [-0.1, -0.05) is 0 Å². The van der Waals surface area contributed by atoms with Crippen LogP contribution in [-0.2, 0) is 6.18 Å². The summed E-state index contributed by atoms with van der Waals surface area (Å²) in [6.07, 6.45) is -1.83. The largest absolute Gasteiger partial charge is 0.493 e. The van der Waals surface area contributed by atoms with Crippen LogP contribution in [0.1, 0.15) is 5.69 Å². The van der Waals surface area contributed by atoms with E-state index in [0.29, 0.717) is 5.75 Å². The minimum Gasteiger partial charge on any atom is -0.493 e. The molecule has 4 nitrogen and oxygen atoms in total. The zero-order chi connectivity index (χ0) is 12.5. The second-order valence-corrected chi connectivity index (χ2v) is 3.17. The molecule has 2 aromatic rings. The second-order valence-electron chi connectivity index (χ2n) is 3.17. The first kappa shape index (κ1) is 11.4. The first-order valence-electron chi connectivity index (χ1n) is 4.64. The minimum atomic E-state index is -4.47. The Labute approximate surface area is 94.7 Å². The Hall–Kier alpha value is -2.05. The number of ether oxygens (including phenoxy) is 1. The third-order valence-electron chi connectivity index (χ3n) is 2.07. The number of pyridine rings is 1. The summed E-state index contributed by atoms with van der Waals surface area (Å²) >= 11 is 0. The Kier molecular flexibility index (Phi) is 2.74. The Bertz CT molecular complexity index is 522. The van der Waals surface area contributed by atoms with Crippen molar-refractivity contribution in [2.75, 3.05) is 7.11 Å². The van der Waals surface area contributed by atoms with Gasteiger partial charge in [0.25, 0.3) is 0 Å². The van der Waals surface area contributed by atoms with Crippen molar-refractivity contribution in [3.8, 4) is 11.6 Å². The zero-order valence-corrected chi connectivity index (χ0v) is 8.77. The lowest BCUT2D eigenvalue weighted by atomic mass is 10.4. The molecule has 0 unspecified atom stereocenters. The van der Waals surface area contributed by atoms with Gasteiger partial charge in [-0.3, -0.25) is 0 Å². The van der Waals surface area contributed by atoms with Crippen LogP contribution in [-0.4, -0.2) is 21.9 Å². The van der Waals surface area contributed by atoms with Gasteiger partial charge < -0.3 is 4.74 Å². The summed E-state index contributed by atoms with van der Waals surface area (Å²) in [6.45, 7) is 0. The van der Waals surface area contributed by atoms with Crippen molar-refractivity contribution in [2.24, 2.45) is 0 Å². The van der Waals surface area contributed by atoms with Crippen molar-refractivity contribution in [1.29, 1.82) is 0 Å². The summed E-state index contributed by atoms with van der Waals surface area (Å²) in [5.74, 6) is 0.565. The van der Waals surface area contributed by atoms with Gasteiger partial charge in [0.05, 0.1) is 7.11 Å². The maximum absolute atomic E-state index is 12.4. The fourth-order valence-electron chi connectivity index (χ4n) is 1.31. The van der Waals surface area contributed by atoms with Gasteiger partial charge in [0.1, 0.15) is 0 Å². The van der Waals surface area contributed by atoms with E-state index >= 15 is 0 Å². The highest BCUT2D eigenvalue weighted by molar-refractivity contribution is 5.39. The first-order valence-corrected chi connectivity index (χ1v) is 4.64. The van der Waals surface area contributed by atoms with Gasteiger partial charge in [-0.05, 0) is 18.2 Å². The third kappa shape index (κ3) is 2.22. The van der Waals surface area contributed by atoms with Crippen LogP contribution < -0.4 is 4.74 Å². The molecule has 2 heterocycles. The van der Waals surface area contributed by atoms with Crippen LogP contribution in [0.3, 0.4) is 0 Å². The van der Waals surface area contributed by atoms with Gasteiger partial charge >= 0.3 is 6.18 Å². The zero-order valence-electron chi connectivity index (χ0n) is 8.77. The minimum absolute atomic E-state index is 0.213. The van der Waals surface area contributed by atoms with Crippen molar-refractivity contribution in [2.45, 2.75) is 6.18 Å². The lowest BCUT2D eigenvalue weighted by molar-refractivity contribution is -0.141. The highest BCUT2D eigenvalue weighted by atomic mass is 19.4. The maximum atomic E-state index is 12.4. The smallest absolute Gasteiger partial charge is 0.435 e. The number of aromatic nitrogens is 3. The van der Waals surface area contributed by atoms with E-state index in [1.807, 2.05) is 0 Å².